The zero-order valence-corrected chi connectivity index (χ0v) is 18.4. The van der Waals surface area contributed by atoms with E-state index in [0.29, 0.717) is 34.3 Å². The van der Waals surface area contributed by atoms with Crippen LogP contribution in [0.3, 0.4) is 0 Å². The van der Waals surface area contributed by atoms with Gasteiger partial charge in [-0.15, -0.1) is 0 Å². The van der Waals surface area contributed by atoms with Gasteiger partial charge in [0, 0.05) is 34.0 Å². The maximum Gasteiger partial charge on any atom is 0.240 e. The molecule has 0 aliphatic rings. The van der Waals surface area contributed by atoms with Crippen molar-refractivity contribution in [3.63, 3.8) is 0 Å². The summed E-state index contributed by atoms with van der Waals surface area (Å²) in [5.41, 5.74) is 7.82. The quantitative estimate of drug-likeness (QED) is 0.325. The highest BCUT2D eigenvalue weighted by molar-refractivity contribution is 6.34. The number of hydrogen-bond donors (Lipinski definition) is 2. The zero-order chi connectivity index (χ0) is 21.9. The lowest BCUT2D eigenvalue weighted by Gasteiger charge is -2.05. The van der Waals surface area contributed by atoms with Gasteiger partial charge in [0.05, 0.1) is 11.4 Å². The lowest BCUT2D eigenvalue weighted by molar-refractivity contribution is -0.123. The Morgan fingerprint density at radius 2 is 1.10 bits per heavy atom. The second-order valence-electron chi connectivity index (χ2n) is 6.63. The molecule has 0 saturated carbocycles. The monoisotopic (exact) mass is 446 g/mol. The van der Waals surface area contributed by atoms with Gasteiger partial charge in [0.1, 0.15) is 0 Å². The number of nitrogens with zero attached hydrogens (tertiary/aromatic N) is 2. The Labute approximate surface area is 186 Å². The number of carbonyl (C=O) groups excluding carboxylic acids is 2. The summed E-state index contributed by atoms with van der Waals surface area (Å²) in [4.78, 5) is 23.9. The molecule has 0 atom stereocenters. The predicted molar refractivity (Wildman–Crippen MR) is 122 cm³/mol. The number of halogens is 2. The molecule has 0 saturated heterocycles. The molecule has 2 aromatic carbocycles. The molecular formula is C22H24Cl2N4O2. The van der Waals surface area contributed by atoms with E-state index in [-0.39, 0.29) is 24.7 Å². The first-order chi connectivity index (χ1) is 14.4. The summed E-state index contributed by atoms with van der Waals surface area (Å²) in [7, 11) is 0. The fourth-order valence-electron chi connectivity index (χ4n) is 2.61. The Hall–Kier alpha value is -2.70. The van der Waals surface area contributed by atoms with Crippen molar-refractivity contribution in [3.8, 4) is 0 Å². The number of hydrogen-bond acceptors (Lipinski definition) is 4. The van der Waals surface area contributed by atoms with Crippen LogP contribution in [0, 0.1) is 0 Å². The summed E-state index contributed by atoms with van der Waals surface area (Å²) in [5, 5.41) is 9.31. The van der Waals surface area contributed by atoms with Crippen molar-refractivity contribution in [1.82, 2.24) is 10.9 Å². The van der Waals surface area contributed by atoms with Crippen LogP contribution in [0.15, 0.2) is 58.7 Å². The van der Waals surface area contributed by atoms with Crippen molar-refractivity contribution in [3.05, 3.63) is 69.7 Å². The van der Waals surface area contributed by atoms with Crippen molar-refractivity contribution in [2.75, 3.05) is 0 Å². The summed E-state index contributed by atoms with van der Waals surface area (Å²) < 4.78 is 0. The number of amides is 2. The third kappa shape index (κ3) is 7.61. The molecule has 158 valence electrons. The maximum absolute atomic E-state index is 11.9. The molecule has 2 aromatic rings. The van der Waals surface area contributed by atoms with Crippen LogP contribution in [0.5, 0.6) is 0 Å². The van der Waals surface area contributed by atoms with Crippen LogP contribution >= 0.6 is 23.2 Å². The van der Waals surface area contributed by atoms with E-state index in [2.05, 4.69) is 21.1 Å². The van der Waals surface area contributed by atoms with Gasteiger partial charge < -0.3 is 0 Å². The van der Waals surface area contributed by atoms with Crippen molar-refractivity contribution in [1.29, 1.82) is 0 Å². The predicted octanol–water partition coefficient (Wildman–Crippen LogP) is 4.93. The Bertz CT molecular complexity index is 880. The molecule has 30 heavy (non-hydrogen) atoms. The van der Waals surface area contributed by atoms with E-state index in [1.807, 2.05) is 36.4 Å². The van der Waals surface area contributed by atoms with Crippen LogP contribution in [0.1, 0.15) is 50.7 Å². The minimum Gasteiger partial charge on any atom is -0.273 e. The summed E-state index contributed by atoms with van der Waals surface area (Å²) >= 11 is 12.2. The molecule has 0 fully saturated rings. The van der Waals surface area contributed by atoms with Crippen LogP contribution in [0.25, 0.3) is 0 Å². The minimum absolute atomic E-state index is 0.214. The van der Waals surface area contributed by atoms with Gasteiger partial charge >= 0.3 is 0 Å². The lowest BCUT2D eigenvalue weighted by Crippen LogP contribution is -2.20. The van der Waals surface area contributed by atoms with Crippen molar-refractivity contribution in [2.24, 2.45) is 10.2 Å². The molecule has 0 aliphatic heterocycles. The third-order valence-corrected chi connectivity index (χ3v) is 4.94. The molecule has 2 N–H and O–H groups in total. The normalized spacial score (nSPS) is 11.9. The molecule has 2 amide bonds. The average molecular weight is 447 g/mol. The van der Waals surface area contributed by atoms with E-state index in [1.165, 1.54) is 0 Å². The Kier molecular flexibility index (Phi) is 9.51. The Morgan fingerprint density at radius 3 is 1.47 bits per heavy atom. The summed E-state index contributed by atoms with van der Waals surface area (Å²) in [6.07, 6.45) is 1.67. The molecular weight excluding hydrogens is 423 g/mol. The molecule has 2 rings (SSSR count). The van der Waals surface area contributed by atoms with E-state index in [1.54, 1.807) is 26.0 Å². The second-order valence-corrected chi connectivity index (χ2v) is 7.45. The molecule has 0 aliphatic carbocycles. The standard InChI is InChI=1S/C22H24Cl2N4O2/c1-15(17-9-3-5-11-19(17)23)25-27-21(29)13-7-8-14-22(30)28-26-16(2)18-10-4-6-12-20(18)24/h3-6,9-12H,7-8,13-14H2,1-2H3,(H,27,29)(H,28,30). The summed E-state index contributed by atoms with van der Waals surface area (Å²) in [6.45, 7) is 3.55. The van der Waals surface area contributed by atoms with E-state index in [0.717, 1.165) is 11.1 Å². The fourth-order valence-corrected chi connectivity index (χ4v) is 3.15. The molecule has 8 heteroatoms. The van der Waals surface area contributed by atoms with Gasteiger partial charge in [-0.05, 0) is 38.8 Å². The molecule has 6 nitrogen and oxygen atoms in total. The number of carbonyl (C=O) groups is 2. The highest BCUT2D eigenvalue weighted by Gasteiger charge is 2.07. The summed E-state index contributed by atoms with van der Waals surface area (Å²) in [6, 6.07) is 14.6. The topological polar surface area (TPSA) is 82.9 Å². The zero-order valence-electron chi connectivity index (χ0n) is 16.9. The van der Waals surface area contributed by atoms with E-state index in [4.69, 9.17) is 23.2 Å². The molecule has 0 aromatic heterocycles. The number of benzene rings is 2. The first kappa shape index (κ1) is 23.6. The Morgan fingerprint density at radius 1 is 0.733 bits per heavy atom. The van der Waals surface area contributed by atoms with Crippen molar-refractivity contribution < 1.29 is 9.59 Å². The molecule has 0 unspecified atom stereocenters. The highest BCUT2D eigenvalue weighted by atomic mass is 35.5. The van der Waals surface area contributed by atoms with Crippen LogP contribution in [0.4, 0.5) is 0 Å². The first-order valence-corrected chi connectivity index (χ1v) is 10.3. The first-order valence-electron chi connectivity index (χ1n) is 9.54. The van der Waals surface area contributed by atoms with E-state index < -0.39 is 0 Å². The summed E-state index contributed by atoms with van der Waals surface area (Å²) in [5.74, 6) is -0.427. The fraction of sp³-hybridized carbons (Fsp3) is 0.273. The number of nitrogens with one attached hydrogen (secondary N) is 2. The van der Waals surface area contributed by atoms with Crippen LogP contribution < -0.4 is 10.9 Å². The smallest absolute Gasteiger partial charge is 0.240 e. The van der Waals surface area contributed by atoms with E-state index in [9.17, 15) is 9.59 Å². The third-order valence-electron chi connectivity index (χ3n) is 4.28. The van der Waals surface area contributed by atoms with Gasteiger partial charge in [0.2, 0.25) is 11.8 Å². The van der Waals surface area contributed by atoms with Crippen molar-refractivity contribution in [2.45, 2.75) is 39.5 Å². The number of hydrazone groups is 2. The van der Waals surface area contributed by atoms with Crippen molar-refractivity contribution >= 4 is 46.4 Å². The molecule has 0 bridgehead atoms. The second kappa shape index (κ2) is 12.1. The van der Waals surface area contributed by atoms with Gasteiger partial charge in [0.25, 0.3) is 0 Å². The number of rotatable bonds is 9. The largest absolute Gasteiger partial charge is 0.273 e. The van der Waals surface area contributed by atoms with Gasteiger partial charge in [-0.1, -0.05) is 59.6 Å². The average Bonchev–Trinajstić information content (AvgIpc) is 2.74. The number of unbranched alkanes of at least 4 members (excludes halogenated alkanes) is 1. The van der Waals surface area contributed by atoms with E-state index >= 15 is 0 Å². The van der Waals surface area contributed by atoms with Crippen LogP contribution in [0.2, 0.25) is 10.0 Å². The highest BCUT2D eigenvalue weighted by Crippen LogP contribution is 2.16. The SMILES string of the molecule is CC(=NNC(=O)CCCCC(=O)NN=C(C)c1ccccc1Cl)c1ccccc1Cl. The molecule has 0 radical (unpaired) electrons. The van der Waals surface area contributed by atoms with Gasteiger partial charge in [-0.25, -0.2) is 10.9 Å². The van der Waals surface area contributed by atoms with Gasteiger partial charge in [-0.2, -0.15) is 10.2 Å². The minimum atomic E-state index is -0.214. The van der Waals surface area contributed by atoms with Crippen LogP contribution in [-0.2, 0) is 9.59 Å². The lowest BCUT2D eigenvalue weighted by atomic mass is 10.1. The molecule has 0 heterocycles. The maximum atomic E-state index is 11.9. The van der Waals surface area contributed by atoms with Gasteiger partial charge in [0.15, 0.2) is 0 Å². The Balaban J connectivity index is 1.69. The molecule has 0 spiro atoms. The van der Waals surface area contributed by atoms with Gasteiger partial charge in [-0.3, -0.25) is 9.59 Å². The van der Waals surface area contributed by atoms with Crippen LogP contribution in [-0.4, -0.2) is 23.2 Å².